The highest BCUT2D eigenvalue weighted by Gasteiger charge is 2.26. The van der Waals surface area contributed by atoms with Crippen LogP contribution in [0, 0.1) is 5.82 Å². The Morgan fingerprint density at radius 2 is 1.85 bits per heavy atom. The maximum absolute atomic E-state index is 13.3. The Hall–Kier alpha value is -3.08. The van der Waals surface area contributed by atoms with Crippen molar-refractivity contribution in [2.75, 3.05) is 11.8 Å². The van der Waals surface area contributed by atoms with Crippen LogP contribution >= 0.6 is 23.3 Å². The number of nitrogens with zero attached hydrogens (tertiary/aromatic N) is 3. The van der Waals surface area contributed by atoms with Crippen molar-refractivity contribution in [3.63, 3.8) is 0 Å². The number of aromatic nitrogens is 2. The zero-order chi connectivity index (χ0) is 23.8. The summed E-state index contributed by atoms with van der Waals surface area (Å²) in [5.74, 6) is -0.836. The third-order valence-electron chi connectivity index (χ3n) is 5.25. The normalized spacial score (nSPS) is 12.5. The number of hydrogen-bond acceptors (Lipinski definition) is 6. The minimum atomic E-state index is -4.08. The van der Waals surface area contributed by atoms with Crippen LogP contribution in [0.15, 0.2) is 65.6 Å². The van der Waals surface area contributed by atoms with Crippen LogP contribution in [-0.4, -0.2) is 35.0 Å². The van der Waals surface area contributed by atoms with Crippen LogP contribution < -0.4 is 4.72 Å². The molecule has 0 saturated carbocycles. The van der Waals surface area contributed by atoms with Crippen molar-refractivity contribution in [1.82, 2.24) is 13.6 Å². The highest BCUT2D eigenvalue weighted by molar-refractivity contribution is 7.93. The van der Waals surface area contributed by atoms with E-state index in [9.17, 15) is 17.6 Å². The van der Waals surface area contributed by atoms with Gasteiger partial charge in [-0.3, -0.25) is 9.52 Å². The number of anilines is 1. The van der Waals surface area contributed by atoms with E-state index in [1.54, 1.807) is 38.2 Å². The molecule has 4 aromatic rings. The van der Waals surface area contributed by atoms with Crippen molar-refractivity contribution < 1.29 is 17.6 Å². The van der Waals surface area contributed by atoms with Crippen molar-refractivity contribution in [2.45, 2.75) is 17.9 Å². The standard InChI is InChI=1S/C22H18ClFN4O3S2/c1-13(14-6-9-16(24)10-7-14)28(2)22(29)17-12-15(23)8-11-18(17)27-33(30,31)20-5-3-4-19-21(20)26-32-25-19/h3-13,27H,1-2H3. The van der Waals surface area contributed by atoms with E-state index in [4.69, 9.17) is 11.6 Å². The summed E-state index contributed by atoms with van der Waals surface area (Å²) in [4.78, 5) is 14.7. The zero-order valence-electron chi connectivity index (χ0n) is 17.5. The highest BCUT2D eigenvalue weighted by Crippen LogP contribution is 2.29. The Morgan fingerprint density at radius 1 is 1.12 bits per heavy atom. The molecule has 4 rings (SSSR count). The Balaban J connectivity index is 1.68. The van der Waals surface area contributed by atoms with Gasteiger partial charge in [0.15, 0.2) is 0 Å². The fraction of sp³-hybridized carbons (Fsp3) is 0.136. The number of amides is 1. The summed E-state index contributed by atoms with van der Waals surface area (Å²) in [7, 11) is -2.50. The largest absolute Gasteiger partial charge is 0.335 e. The van der Waals surface area contributed by atoms with Gasteiger partial charge in [-0.25, -0.2) is 12.8 Å². The number of nitrogens with one attached hydrogen (secondary N) is 1. The Morgan fingerprint density at radius 3 is 2.58 bits per heavy atom. The lowest BCUT2D eigenvalue weighted by Gasteiger charge is -2.26. The Labute approximate surface area is 199 Å². The van der Waals surface area contributed by atoms with Gasteiger partial charge in [0, 0.05) is 12.1 Å². The molecule has 0 aliphatic rings. The predicted molar refractivity (Wildman–Crippen MR) is 127 cm³/mol. The highest BCUT2D eigenvalue weighted by atomic mass is 35.5. The number of fused-ring (bicyclic) bond motifs is 1. The van der Waals surface area contributed by atoms with E-state index < -0.39 is 22.0 Å². The summed E-state index contributed by atoms with van der Waals surface area (Å²) >= 11 is 7.04. The average molecular weight is 505 g/mol. The fourth-order valence-electron chi connectivity index (χ4n) is 3.31. The molecule has 1 atom stereocenters. The molecule has 0 fully saturated rings. The molecule has 1 heterocycles. The fourth-order valence-corrected chi connectivity index (χ4v) is 5.33. The summed E-state index contributed by atoms with van der Waals surface area (Å²) in [6.07, 6.45) is 0. The third kappa shape index (κ3) is 4.68. The molecule has 7 nitrogen and oxygen atoms in total. The van der Waals surface area contributed by atoms with Gasteiger partial charge in [0.1, 0.15) is 21.7 Å². The van der Waals surface area contributed by atoms with Crippen molar-refractivity contribution in [2.24, 2.45) is 0 Å². The number of carbonyl (C=O) groups excluding carboxylic acids is 1. The summed E-state index contributed by atoms with van der Waals surface area (Å²) in [6, 6.07) is 14.4. The van der Waals surface area contributed by atoms with Gasteiger partial charge in [-0.15, -0.1) is 0 Å². The predicted octanol–water partition coefficient (Wildman–Crippen LogP) is 5.12. The number of hydrogen-bond donors (Lipinski definition) is 1. The number of sulfonamides is 1. The maximum Gasteiger partial charge on any atom is 0.264 e. The van der Waals surface area contributed by atoms with Gasteiger partial charge >= 0.3 is 0 Å². The van der Waals surface area contributed by atoms with E-state index in [0.717, 1.165) is 17.3 Å². The molecular formula is C22H18ClFN4O3S2. The molecule has 1 aromatic heterocycles. The Bertz CT molecular complexity index is 1440. The molecule has 0 radical (unpaired) electrons. The van der Waals surface area contributed by atoms with Crippen molar-refractivity contribution in [1.29, 1.82) is 0 Å². The molecule has 1 N–H and O–H groups in total. The molecule has 0 aliphatic heterocycles. The topological polar surface area (TPSA) is 92.3 Å². The van der Waals surface area contributed by atoms with Gasteiger partial charge < -0.3 is 4.90 Å². The van der Waals surface area contributed by atoms with E-state index in [1.165, 1.54) is 41.3 Å². The van der Waals surface area contributed by atoms with E-state index >= 15 is 0 Å². The maximum atomic E-state index is 13.3. The van der Waals surface area contributed by atoms with Gasteiger partial charge in [0.05, 0.1) is 29.0 Å². The molecule has 0 aliphatic carbocycles. The van der Waals surface area contributed by atoms with Gasteiger partial charge in [0.25, 0.3) is 15.9 Å². The molecule has 0 saturated heterocycles. The van der Waals surface area contributed by atoms with Crippen LogP contribution in [0.25, 0.3) is 11.0 Å². The van der Waals surface area contributed by atoms with Gasteiger partial charge in [-0.05, 0) is 55.0 Å². The van der Waals surface area contributed by atoms with E-state index in [0.29, 0.717) is 5.52 Å². The van der Waals surface area contributed by atoms with Crippen molar-refractivity contribution in [3.05, 3.63) is 82.6 Å². The second-order valence-corrected chi connectivity index (χ2v) is 9.94. The van der Waals surface area contributed by atoms with Gasteiger partial charge in [0.2, 0.25) is 0 Å². The third-order valence-corrected chi connectivity index (χ3v) is 7.42. The molecule has 170 valence electrons. The number of halogens is 2. The Kier molecular flexibility index (Phi) is 6.33. The van der Waals surface area contributed by atoms with Crippen LogP contribution in [0.2, 0.25) is 5.02 Å². The van der Waals surface area contributed by atoms with Crippen molar-refractivity contribution in [3.8, 4) is 0 Å². The molecule has 11 heteroatoms. The van der Waals surface area contributed by atoms with Gasteiger partial charge in [-0.1, -0.05) is 29.8 Å². The molecule has 3 aromatic carbocycles. The summed E-state index contributed by atoms with van der Waals surface area (Å²) < 4.78 is 50.2. The molecule has 0 spiro atoms. The lowest BCUT2D eigenvalue weighted by atomic mass is 10.1. The number of benzene rings is 3. The van der Waals surface area contributed by atoms with Crippen LogP contribution in [-0.2, 0) is 10.0 Å². The second-order valence-electron chi connectivity index (χ2n) is 7.33. The van der Waals surface area contributed by atoms with Crippen LogP contribution in [0.4, 0.5) is 10.1 Å². The monoisotopic (exact) mass is 504 g/mol. The van der Waals surface area contributed by atoms with E-state index in [-0.39, 0.29) is 32.5 Å². The van der Waals surface area contributed by atoms with Crippen LogP contribution in [0.5, 0.6) is 0 Å². The molecule has 33 heavy (non-hydrogen) atoms. The minimum Gasteiger partial charge on any atom is -0.335 e. The first-order valence-electron chi connectivity index (χ1n) is 9.73. The summed E-state index contributed by atoms with van der Waals surface area (Å²) in [6.45, 7) is 1.79. The van der Waals surface area contributed by atoms with Crippen LogP contribution in [0.1, 0.15) is 28.9 Å². The van der Waals surface area contributed by atoms with E-state index in [1.807, 2.05) is 0 Å². The molecule has 1 unspecified atom stereocenters. The quantitative estimate of drug-likeness (QED) is 0.393. The molecule has 0 bridgehead atoms. The first-order valence-corrected chi connectivity index (χ1v) is 12.3. The smallest absolute Gasteiger partial charge is 0.264 e. The molecular weight excluding hydrogens is 487 g/mol. The zero-order valence-corrected chi connectivity index (χ0v) is 19.9. The lowest BCUT2D eigenvalue weighted by molar-refractivity contribution is 0.0743. The SMILES string of the molecule is CC(c1ccc(F)cc1)N(C)C(=O)c1cc(Cl)ccc1NS(=O)(=O)c1cccc2nsnc12. The average Bonchev–Trinajstić information content (AvgIpc) is 3.28. The first-order chi connectivity index (χ1) is 15.7. The second kappa shape index (κ2) is 9.05. The molecule has 1 amide bonds. The minimum absolute atomic E-state index is 0.0462. The lowest BCUT2D eigenvalue weighted by Crippen LogP contribution is -2.30. The van der Waals surface area contributed by atoms with E-state index in [2.05, 4.69) is 13.5 Å². The summed E-state index contributed by atoms with van der Waals surface area (Å²) in [5, 5.41) is 0.273. The first kappa shape index (κ1) is 23.1. The summed E-state index contributed by atoms with van der Waals surface area (Å²) in [5.41, 5.74) is 1.58. The number of rotatable bonds is 6. The van der Waals surface area contributed by atoms with Crippen molar-refractivity contribution >= 4 is 56.0 Å². The number of carbonyl (C=O) groups is 1. The van der Waals surface area contributed by atoms with Gasteiger partial charge in [-0.2, -0.15) is 8.75 Å². The van der Waals surface area contributed by atoms with Crippen LogP contribution in [0.3, 0.4) is 0 Å².